The number of ether oxygens (including phenoxy) is 2. The second-order valence-corrected chi connectivity index (χ2v) is 4.93. The summed E-state index contributed by atoms with van der Waals surface area (Å²) in [4.78, 5) is 11.9. The molecule has 1 heterocycles. The van der Waals surface area contributed by atoms with Crippen LogP contribution in [0.25, 0.3) is 0 Å². The fourth-order valence-corrected chi connectivity index (χ4v) is 2.27. The van der Waals surface area contributed by atoms with E-state index in [0.29, 0.717) is 13.0 Å². The van der Waals surface area contributed by atoms with Gasteiger partial charge >= 0.3 is 13.2 Å². The number of carbonyl (C=O) groups excluding carboxylic acids is 1. The minimum atomic E-state index is -3.12. The van der Waals surface area contributed by atoms with Crippen LogP contribution >= 0.6 is 0 Å². The number of hydrogen-bond donors (Lipinski definition) is 2. The molecule has 0 aliphatic carbocycles. The summed E-state index contributed by atoms with van der Waals surface area (Å²) < 4.78 is 57.6. The van der Waals surface area contributed by atoms with E-state index in [-0.39, 0.29) is 35.4 Å². The molecule has 1 aromatic carbocycles. The van der Waals surface area contributed by atoms with Gasteiger partial charge in [-0.05, 0) is 25.1 Å². The molecule has 1 fully saturated rings. The maximum Gasteiger partial charge on any atom is 0.387 e. The number of benzene rings is 1. The van der Waals surface area contributed by atoms with E-state index in [2.05, 4.69) is 20.1 Å². The first kappa shape index (κ1) is 17.3. The van der Waals surface area contributed by atoms with Crippen LogP contribution in [0.15, 0.2) is 18.2 Å². The van der Waals surface area contributed by atoms with Crippen LogP contribution in [0.1, 0.15) is 12.0 Å². The number of carbonyl (C=O) groups is 1. The highest BCUT2D eigenvalue weighted by Crippen LogP contribution is 2.27. The fraction of sp³-hybridized carbons (Fsp3) is 0.500. The molecule has 23 heavy (non-hydrogen) atoms. The van der Waals surface area contributed by atoms with E-state index < -0.39 is 13.2 Å². The van der Waals surface area contributed by atoms with Gasteiger partial charge in [-0.25, -0.2) is 0 Å². The second kappa shape index (κ2) is 8.00. The van der Waals surface area contributed by atoms with Crippen LogP contribution in [-0.2, 0) is 11.3 Å². The van der Waals surface area contributed by atoms with Gasteiger partial charge in [0.15, 0.2) is 0 Å². The Labute approximate surface area is 129 Å². The van der Waals surface area contributed by atoms with Crippen molar-refractivity contribution in [3.05, 3.63) is 23.8 Å². The van der Waals surface area contributed by atoms with Crippen molar-refractivity contribution in [2.24, 2.45) is 5.92 Å². The average molecular weight is 336 g/mol. The molecule has 0 bridgehead atoms. The van der Waals surface area contributed by atoms with Crippen LogP contribution in [0.2, 0.25) is 0 Å². The number of halogens is 4. The molecule has 9 heteroatoms. The third-order valence-electron chi connectivity index (χ3n) is 3.36. The molecule has 1 aromatic rings. The lowest BCUT2D eigenvalue weighted by Gasteiger charge is -2.15. The number of nitrogens with one attached hydrogen (secondary N) is 2. The lowest BCUT2D eigenvalue weighted by molar-refractivity contribution is -0.124. The molecular formula is C14H16F4N2O3. The molecule has 0 saturated carbocycles. The molecule has 1 aliphatic rings. The van der Waals surface area contributed by atoms with Gasteiger partial charge in [-0.1, -0.05) is 0 Å². The smallest absolute Gasteiger partial charge is 0.387 e. The molecule has 2 N–H and O–H groups in total. The molecule has 2 rings (SSSR count). The van der Waals surface area contributed by atoms with Gasteiger partial charge in [0.05, 0.1) is 5.92 Å². The largest absolute Gasteiger partial charge is 0.435 e. The predicted molar refractivity (Wildman–Crippen MR) is 72.5 cm³/mol. The van der Waals surface area contributed by atoms with Gasteiger partial charge in [0.1, 0.15) is 11.5 Å². The lowest BCUT2D eigenvalue weighted by Crippen LogP contribution is -2.31. The van der Waals surface area contributed by atoms with Crippen molar-refractivity contribution in [3.8, 4) is 11.5 Å². The number of alkyl halides is 4. The molecule has 0 aromatic heterocycles. The Morgan fingerprint density at radius 3 is 2.61 bits per heavy atom. The standard InChI is InChI=1S/C14H16F4N2O3/c15-13(16)22-10-2-1-8(11(5-10)23-14(17)18)7-20-12(21)9-3-4-19-6-9/h1-2,5,9,13-14,19H,3-4,6-7H2,(H,20,21)/t9-/m1/s1. The third kappa shape index (κ3) is 5.27. The Balaban J connectivity index is 2.04. The second-order valence-electron chi connectivity index (χ2n) is 4.93. The van der Waals surface area contributed by atoms with Gasteiger partial charge in [0.2, 0.25) is 5.91 Å². The van der Waals surface area contributed by atoms with E-state index in [0.717, 1.165) is 12.6 Å². The monoisotopic (exact) mass is 336 g/mol. The quantitative estimate of drug-likeness (QED) is 0.749. The Hall–Kier alpha value is -2.03. The van der Waals surface area contributed by atoms with E-state index in [9.17, 15) is 22.4 Å². The molecule has 0 unspecified atom stereocenters. The minimum Gasteiger partial charge on any atom is -0.435 e. The van der Waals surface area contributed by atoms with Gasteiger partial charge in [-0.3, -0.25) is 4.79 Å². The van der Waals surface area contributed by atoms with Crippen molar-refractivity contribution in [2.45, 2.75) is 26.2 Å². The first-order chi connectivity index (χ1) is 11.0. The maximum absolute atomic E-state index is 12.4. The summed E-state index contributed by atoms with van der Waals surface area (Å²) in [5.74, 6) is -0.990. The SMILES string of the molecule is O=C(NCc1ccc(OC(F)F)cc1OC(F)F)[C@@H]1CCNC1. The zero-order chi connectivity index (χ0) is 16.8. The van der Waals surface area contributed by atoms with E-state index in [1.165, 1.54) is 12.1 Å². The molecule has 0 spiro atoms. The van der Waals surface area contributed by atoms with Crippen LogP contribution in [-0.4, -0.2) is 32.2 Å². The average Bonchev–Trinajstić information content (AvgIpc) is 2.99. The minimum absolute atomic E-state index is 0.0493. The van der Waals surface area contributed by atoms with Crippen LogP contribution in [0.4, 0.5) is 17.6 Å². The van der Waals surface area contributed by atoms with Gasteiger partial charge in [0, 0.05) is 24.7 Å². The van der Waals surface area contributed by atoms with Gasteiger partial charge in [-0.15, -0.1) is 0 Å². The normalized spacial score (nSPS) is 17.6. The summed E-state index contributed by atoms with van der Waals surface area (Å²) in [5, 5.41) is 5.66. The van der Waals surface area contributed by atoms with Crippen LogP contribution in [0, 0.1) is 5.92 Å². The Morgan fingerprint density at radius 2 is 2.00 bits per heavy atom. The highest BCUT2D eigenvalue weighted by Gasteiger charge is 2.22. The summed E-state index contributed by atoms with van der Waals surface area (Å²) in [5.41, 5.74) is 0.242. The molecule has 0 radical (unpaired) electrons. The Kier molecular flexibility index (Phi) is 6.03. The van der Waals surface area contributed by atoms with E-state index >= 15 is 0 Å². The number of rotatable bonds is 7. The van der Waals surface area contributed by atoms with Gasteiger partial charge < -0.3 is 20.1 Å². The first-order valence-corrected chi connectivity index (χ1v) is 6.96. The Morgan fingerprint density at radius 1 is 1.26 bits per heavy atom. The zero-order valence-corrected chi connectivity index (χ0v) is 12.0. The lowest BCUT2D eigenvalue weighted by atomic mass is 10.1. The number of hydrogen-bond acceptors (Lipinski definition) is 4. The van der Waals surface area contributed by atoms with Crippen molar-refractivity contribution in [1.29, 1.82) is 0 Å². The summed E-state index contributed by atoms with van der Waals surface area (Å²) in [7, 11) is 0. The van der Waals surface area contributed by atoms with Crippen molar-refractivity contribution in [1.82, 2.24) is 10.6 Å². The fourth-order valence-electron chi connectivity index (χ4n) is 2.27. The van der Waals surface area contributed by atoms with E-state index in [1.807, 2.05) is 0 Å². The Bertz CT molecular complexity index is 537. The summed E-state index contributed by atoms with van der Waals surface area (Å²) in [6, 6.07) is 3.43. The van der Waals surface area contributed by atoms with Gasteiger partial charge in [0.25, 0.3) is 0 Å². The van der Waals surface area contributed by atoms with Crippen LogP contribution in [0.5, 0.6) is 11.5 Å². The zero-order valence-electron chi connectivity index (χ0n) is 12.0. The highest BCUT2D eigenvalue weighted by atomic mass is 19.3. The van der Waals surface area contributed by atoms with Crippen molar-refractivity contribution >= 4 is 5.91 Å². The summed E-state index contributed by atoms with van der Waals surface area (Å²) in [6.45, 7) is -4.93. The van der Waals surface area contributed by atoms with Crippen molar-refractivity contribution in [3.63, 3.8) is 0 Å². The van der Waals surface area contributed by atoms with E-state index in [4.69, 9.17) is 0 Å². The van der Waals surface area contributed by atoms with Crippen molar-refractivity contribution in [2.75, 3.05) is 13.1 Å². The van der Waals surface area contributed by atoms with Crippen molar-refractivity contribution < 1.29 is 31.8 Å². The third-order valence-corrected chi connectivity index (χ3v) is 3.36. The summed E-state index contributed by atoms with van der Waals surface area (Å²) in [6.07, 6.45) is 0.702. The van der Waals surface area contributed by atoms with Gasteiger partial charge in [-0.2, -0.15) is 17.6 Å². The van der Waals surface area contributed by atoms with Crippen LogP contribution < -0.4 is 20.1 Å². The topological polar surface area (TPSA) is 59.6 Å². The molecule has 1 amide bonds. The maximum atomic E-state index is 12.4. The molecule has 1 saturated heterocycles. The van der Waals surface area contributed by atoms with E-state index in [1.54, 1.807) is 0 Å². The highest BCUT2D eigenvalue weighted by molar-refractivity contribution is 5.79. The molecule has 1 aliphatic heterocycles. The van der Waals surface area contributed by atoms with Crippen LogP contribution in [0.3, 0.4) is 0 Å². The molecule has 128 valence electrons. The molecular weight excluding hydrogens is 320 g/mol. The summed E-state index contributed by atoms with van der Waals surface area (Å²) >= 11 is 0. The molecule has 1 atom stereocenters. The predicted octanol–water partition coefficient (Wildman–Crippen LogP) is 2.12. The number of amides is 1. The first-order valence-electron chi connectivity index (χ1n) is 6.96. The molecule has 5 nitrogen and oxygen atoms in total.